The molecule has 1 aliphatic carbocycles. The zero-order valence-electron chi connectivity index (χ0n) is 8.59. The number of rotatable bonds is 3. The Morgan fingerprint density at radius 1 is 1.23 bits per heavy atom. The van der Waals surface area contributed by atoms with E-state index in [1.54, 1.807) is 7.11 Å². The Kier molecular flexibility index (Phi) is 3.23. The second kappa shape index (κ2) is 4.43. The highest BCUT2D eigenvalue weighted by Gasteiger charge is 2.31. The summed E-state index contributed by atoms with van der Waals surface area (Å²) >= 11 is 0. The maximum atomic E-state index is 5.20. The molecule has 0 aromatic carbocycles. The van der Waals surface area contributed by atoms with Gasteiger partial charge in [0.25, 0.3) is 0 Å². The minimum Gasteiger partial charge on any atom is -0.383 e. The van der Waals surface area contributed by atoms with Crippen molar-refractivity contribution in [3.05, 3.63) is 0 Å². The average molecular weight is 183 g/mol. The number of piperidine rings is 1. The monoisotopic (exact) mass is 183 g/mol. The van der Waals surface area contributed by atoms with E-state index < -0.39 is 0 Å². The molecule has 0 bridgehead atoms. The van der Waals surface area contributed by atoms with Crippen LogP contribution < -0.4 is 5.32 Å². The van der Waals surface area contributed by atoms with E-state index >= 15 is 0 Å². The average Bonchev–Trinajstić information content (AvgIpc) is 2.02. The van der Waals surface area contributed by atoms with Crippen molar-refractivity contribution in [2.75, 3.05) is 20.3 Å². The van der Waals surface area contributed by atoms with Crippen LogP contribution in [0.2, 0.25) is 0 Å². The first kappa shape index (κ1) is 9.47. The van der Waals surface area contributed by atoms with Crippen LogP contribution in [0.25, 0.3) is 0 Å². The molecule has 2 aliphatic rings. The minimum absolute atomic E-state index is 0.629. The van der Waals surface area contributed by atoms with Gasteiger partial charge in [-0.15, -0.1) is 0 Å². The third kappa shape index (κ3) is 2.23. The number of hydrogen-bond donors (Lipinski definition) is 1. The van der Waals surface area contributed by atoms with Crippen molar-refractivity contribution in [1.82, 2.24) is 5.32 Å². The van der Waals surface area contributed by atoms with Crippen LogP contribution in [0, 0.1) is 11.8 Å². The molecule has 76 valence electrons. The van der Waals surface area contributed by atoms with Gasteiger partial charge in [-0.1, -0.05) is 19.3 Å². The van der Waals surface area contributed by atoms with Gasteiger partial charge < -0.3 is 10.1 Å². The summed E-state index contributed by atoms with van der Waals surface area (Å²) in [5.41, 5.74) is 0. The Morgan fingerprint density at radius 2 is 2.08 bits per heavy atom. The fourth-order valence-corrected chi connectivity index (χ4v) is 2.71. The van der Waals surface area contributed by atoms with Crippen LogP contribution in [0.1, 0.15) is 32.1 Å². The lowest BCUT2D eigenvalue weighted by molar-refractivity contribution is 0.101. The molecule has 0 aromatic rings. The Labute approximate surface area is 81.0 Å². The van der Waals surface area contributed by atoms with E-state index in [2.05, 4.69) is 5.32 Å². The zero-order valence-corrected chi connectivity index (χ0v) is 8.59. The summed E-state index contributed by atoms with van der Waals surface area (Å²) in [7, 11) is 1.80. The standard InChI is InChI=1S/C11H21NO/c1-13-8-11-7-10(5-6-12-11)9-3-2-4-9/h9-12H,2-8H2,1H3. The largest absolute Gasteiger partial charge is 0.383 e. The Balaban J connectivity index is 1.77. The summed E-state index contributed by atoms with van der Waals surface area (Å²) in [6, 6.07) is 0.629. The van der Waals surface area contributed by atoms with Crippen molar-refractivity contribution in [2.45, 2.75) is 38.1 Å². The van der Waals surface area contributed by atoms with E-state index in [1.165, 1.54) is 38.6 Å². The quantitative estimate of drug-likeness (QED) is 0.720. The highest BCUT2D eigenvalue weighted by molar-refractivity contribution is 4.85. The predicted molar refractivity (Wildman–Crippen MR) is 53.7 cm³/mol. The topological polar surface area (TPSA) is 21.3 Å². The van der Waals surface area contributed by atoms with Gasteiger partial charge in [-0.3, -0.25) is 0 Å². The van der Waals surface area contributed by atoms with Crippen molar-refractivity contribution in [2.24, 2.45) is 11.8 Å². The molecule has 2 atom stereocenters. The Bertz CT molecular complexity index is 154. The van der Waals surface area contributed by atoms with Gasteiger partial charge in [-0.05, 0) is 31.2 Å². The SMILES string of the molecule is COCC1CC(C2CCC2)CCN1. The molecular weight excluding hydrogens is 162 g/mol. The lowest BCUT2D eigenvalue weighted by Gasteiger charge is -2.39. The van der Waals surface area contributed by atoms with Crippen molar-refractivity contribution in [1.29, 1.82) is 0 Å². The third-order valence-corrected chi connectivity index (χ3v) is 3.72. The molecule has 0 spiro atoms. The molecule has 0 radical (unpaired) electrons. The highest BCUT2D eigenvalue weighted by Crippen LogP contribution is 2.38. The van der Waals surface area contributed by atoms with Gasteiger partial charge in [-0.2, -0.15) is 0 Å². The lowest BCUT2D eigenvalue weighted by atomic mass is 9.71. The van der Waals surface area contributed by atoms with Crippen molar-refractivity contribution in [3.63, 3.8) is 0 Å². The summed E-state index contributed by atoms with van der Waals surface area (Å²) in [4.78, 5) is 0. The molecule has 1 saturated carbocycles. The first-order valence-corrected chi connectivity index (χ1v) is 5.62. The molecule has 2 unspecified atom stereocenters. The molecule has 1 saturated heterocycles. The third-order valence-electron chi connectivity index (χ3n) is 3.72. The van der Waals surface area contributed by atoms with Crippen LogP contribution in [-0.2, 0) is 4.74 Å². The minimum atomic E-state index is 0.629. The molecule has 1 aliphatic heterocycles. The Morgan fingerprint density at radius 3 is 2.69 bits per heavy atom. The summed E-state index contributed by atoms with van der Waals surface area (Å²) in [5, 5.41) is 3.53. The lowest BCUT2D eigenvalue weighted by Crippen LogP contribution is -2.43. The molecule has 1 N–H and O–H groups in total. The number of hydrogen-bond acceptors (Lipinski definition) is 2. The van der Waals surface area contributed by atoms with E-state index in [1.807, 2.05) is 0 Å². The van der Waals surface area contributed by atoms with E-state index in [0.717, 1.165) is 18.4 Å². The summed E-state index contributed by atoms with van der Waals surface area (Å²) in [5.74, 6) is 2.05. The maximum Gasteiger partial charge on any atom is 0.0615 e. The molecule has 0 aromatic heterocycles. The number of ether oxygens (including phenoxy) is 1. The van der Waals surface area contributed by atoms with Gasteiger partial charge in [0, 0.05) is 13.2 Å². The second-order valence-corrected chi connectivity index (χ2v) is 4.58. The molecular formula is C11H21NO. The van der Waals surface area contributed by atoms with Crippen LogP contribution in [0.4, 0.5) is 0 Å². The van der Waals surface area contributed by atoms with Gasteiger partial charge in [0.2, 0.25) is 0 Å². The zero-order chi connectivity index (χ0) is 9.10. The second-order valence-electron chi connectivity index (χ2n) is 4.58. The molecule has 2 nitrogen and oxygen atoms in total. The molecule has 2 heteroatoms. The van der Waals surface area contributed by atoms with Crippen LogP contribution in [0.5, 0.6) is 0 Å². The number of methoxy groups -OCH3 is 1. The maximum absolute atomic E-state index is 5.20. The van der Waals surface area contributed by atoms with E-state index in [0.29, 0.717) is 6.04 Å². The van der Waals surface area contributed by atoms with Crippen molar-refractivity contribution in [3.8, 4) is 0 Å². The van der Waals surface area contributed by atoms with Gasteiger partial charge in [0.05, 0.1) is 6.61 Å². The van der Waals surface area contributed by atoms with E-state index in [-0.39, 0.29) is 0 Å². The summed E-state index contributed by atoms with van der Waals surface area (Å²) in [6.07, 6.45) is 7.20. The van der Waals surface area contributed by atoms with Crippen LogP contribution in [-0.4, -0.2) is 26.3 Å². The van der Waals surface area contributed by atoms with Crippen molar-refractivity contribution >= 4 is 0 Å². The van der Waals surface area contributed by atoms with E-state index in [4.69, 9.17) is 4.74 Å². The van der Waals surface area contributed by atoms with Gasteiger partial charge in [0.15, 0.2) is 0 Å². The van der Waals surface area contributed by atoms with Crippen LogP contribution >= 0.6 is 0 Å². The van der Waals surface area contributed by atoms with Gasteiger partial charge in [-0.25, -0.2) is 0 Å². The molecule has 1 heterocycles. The predicted octanol–water partition coefficient (Wildman–Crippen LogP) is 1.80. The molecule has 0 amide bonds. The van der Waals surface area contributed by atoms with Crippen LogP contribution in [0.15, 0.2) is 0 Å². The normalized spacial score (nSPS) is 35.8. The fourth-order valence-electron chi connectivity index (χ4n) is 2.71. The molecule has 2 rings (SSSR count). The first-order chi connectivity index (χ1) is 6.40. The molecule has 13 heavy (non-hydrogen) atoms. The fraction of sp³-hybridized carbons (Fsp3) is 1.00. The highest BCUT2D eigenvalue weighted by atomic mass is 16.5. The Hall–Kier alpha value is -0.0800. The number of nitrogens with one attached hydrogen (secondary N) is 1. The molecule has 2 fully saturated rings. The smallest absolute Gasteiger partial charge is 0.0615 e. The van der Waals surface area contributed by atoms with Gasteiger partial charge >= 0.3 is 0 Å². The summed E-state index contributed by atoms with van der Waals surface area (Å²) in [6.45, 7) is 2.10. The van der Waals surface area contributed by atoms with E-state index in [9.17, 15) is 0 Å². The van der Waals surface area contributed by atoms with Gasteiger partial charge in [0.1, 0.15) is 0 Å². The van der Waals surface area contributed by atoms with Crippen LogP contribution in [0.3, 0.4) is 0 Å². The van der Waals surface area contributed by atoms with Crippen molar-refractivity contribution < 1.29 is 4.74 Å². The summed E-state index contributed by atoms with van der Waals surface area (Å²) < 4.78 is 5.20. The first-order valence-electron chi connectivity index (χ1n) is 5.62.